The molecule has 29 heavy (non-hydrogen) atoms. The van der Waals surface area contributed by atoms with Crippen molar-refractivity contribution in [1.82, 2.24) is 0 Å². The van der Waals surface area contributed by atoms with Crippen molar-refractivity contribution in [3.8, 4) is 16.9 Å². The van der Waals surface area contributed by atoms with E-state index in [2.05, 4.69) is 42.5 Å². The van der Waals surface area contributed by atoms with Crippen molar-refractivity contribution in [3.63, 3.8) is 0 Å². The highest BCUT2D eigenvalue weighted by Gasteiger charge is 2.33. The maximum atomic E-state index is 10.9. The van der Waals surface area contributed by atoms with Crippen LogP contribution in [0, 0.1) is 0 Å². The zero-order chi connectivity index (χ0) is 19.4. The maximum Gasteiger partial charge on any atom is 0.151 e. The lowest BCUT2D eigenvalue weighted by Gasteiger charge is -2.27. The number of nitrogens with zero attached hydrogens (tertiary/aromatic N) is 2. The Kier molecular flexibility index (Phi) is 3.55. The van der Waals surface area contributed by atoms with Gasteiger partial charge in [0.05, 0.1) is 10.7 Å². The van der Waals surface area contributed by atoms with Crippen LogP contribution in [0.15, 0.2) is 76.7 Å². The molecule has 1 fully saturated rings. The first-order chi connectivity index (χ1) is 14.2. The Balaban J connectivity index is 1.73. The summed E-state index contributed by atoms with van der Waals surface area (Å²) in [6.07, 6.45) is 5.72. The topological polar surface area (TPSA) is 45.0 Å². The molecule has 3 nitrogen and oxygen atoms in total. The van der Waals surface area contributed by atoms with Gasteiger partial charge in [0.15, 0.2) is 5.66 Å². The van der Waals surface area contributed by atoms with Gasteiger partial charge in [-0.1, -0.05) is 61.0 Å². The average Bonchev–Trinajstić information content (AvgIpc) is 3.11. The highest BCUT2D eigenvalue weighted by molar-refractivity contribution is 6.07. The largest absolute Gasteiger partial charge is 0.507 e. The molecular weight excluding hydrogens is 356 g/mol. The van der Waals surface area contributed by atoms with E-state index in [9.17, 15) is 5.11 Å². The van der Waals surface area contributed by atoms with Crippen LogP contribution >= 0.6 is 0 Å². The molecule has 4 aromatic carbocycles. The predicted octanol–water partition coefficient (Wildman–Crippen LogP) is 5.28. The molecule has 1 saturated carbocycles. The van der Waals surface area contributed by atoms with Gasteiger partial charge in [0.2, 0.25) is 0 Å². The number of hydrogen-bond acceptors (Lipinski definition) is 3. The van der Waals surface area contributed by atoms with Crippen LogP contribution in [0.25, 0.3) is 32.7 Å². The molecule has 6 rings (SSSR count). The molecule has 1 N–H and O–H groups in total. The van der Waals surface area contributed by atoms with Crippen LogP contribution in [-0.2, 0) is 0 Å². The Morgan fingerprint density at radius 1 is 0.724 bits per heavy atom. The number of phenols is 1. The van der Waals surface area contributed by atoms with E-state index in [1.807, 2.05) is 18.2 Å². The quantitative estimate of drug-likeness (QED) is 0.481. The molecule has 3 heteroatoms. The van der Waals surface area contributed by atoms with E-state index < -0.39 is 0 Å². The number of rotatable bonds is 1. The highest BCUT2D eigenvalue weighted by Crippen LogP contribution is 2.39. The van der Waals surface area contributed by atoms with E-state index in [0.717, 1.165) is 56.2 Å². The maximum absolute atomic E-state index is 10.9. The van der Waals surface area contributed by atoms with Crippen LogP contribution in [0.3, 0.4) is 0 Å². The first-order valence-electron chi connectivity index (χ1n) is 10.5. The molecule has 142 valence electrons. The lowest BCUT2D eigenvalue weighted by Crippen LogP contribution is -2.26. The summed E-state index contributed by atoms with van der Waals surface area (Å²) < 4.78 is 0. The van der Waals surface area contributed by atoms with E-state index in [1.165, 1.54) is 19.3 Å². The van der Waals surface area contributed by atoms with Gasteiger partial charge >= 0.3 is 0 Å². The van der Waals surface area contributed by atoms with Gasteiger partial charge in [0.1, 0.15) is 5.75 Å². The van der Waals surface area contributed by atoms with Crippen LogP contribution in [0.5, 0.6) is 5.75 Å². The van der Waals surface area contributed by atoms with Crippen LogP contribution < -0.4 is 10.7 Å². The van der Waals surface area contributed by atoms with Gasteiger partial charge in [0, 0.05) is 10.9 Å². The van der Waals surface area contributed by atoms with Crippen LogP contribution in [0.1, 0.15) is 32.1 Å². The molecule has 1 aliphatic carbocycles. The summed E-state index contributed by atoms with van der Waals surface area (Å²) >= 11 is 0. The monoisotopic (exact) mass is 378 g/mol. The van der Waals surface area contributed by atoms with Crippen molar-refractivity contribution in [2.45, 2.75) is 37.8 Å². The highest BCUT2D eigenvalue weighted by atomic mass is 16.3. The van der Waals surface area contributed by atoms with E-state index in [4.69, 9.17) is 9.98 Å². The first-order valence-corrected chi connectivity index (χ1v) is 10.5. The van der Waals surface area contributed by atoms with Gasteiger partial charge < -0.3 is 5.11 Å². The fourth-order valence-electron chi connectivity index (χ4n) is 5.10. The Morgan fingerprint density at radius 3 is 2.28 bits per heavy atom. The fraction of sp³-hybridized carbons (Fsp3) is 0.231. The molecule has 1 spiro atoms. The Bertz CT molecular complexity index is 1400. The molecule has 1 heterocycles. The van der Waals surface area contributed by atoms with Gasteiger partial charge in [-0.3, -0.25) is 9.98 Å². The van der Waals surface area contributed by atoms with E-state index in [-0.39, 0.29) is 5.66 Å². The Labute approximate surface area is 169 Å². The fourth-order valence-corrected chi connectivity index (χ4v) is 5.10. The predicted molar refractivity (Wildman–Crippen MR) is 117 cm³/mol. The molecule has 2 aliphatic rings. The van der Waals surface area contributed by atoms with Crippen molar-refractivity contribution >= 4 is 21.5 Å². The normalized spacial score (nSPS) is 17.2. The zero-order valence-corrected chi connectivity index (χ0v) is 16.2. The summed E-state index contributed by atoms with van der Waals surface area (Å²) in [6, 6.07) is 22.5. The van der Waals surface area contributed by atoms with Crippen molar-refractivity contribution in [3.05, 3.63) is 77.4 Å². The van der Waals surface area contributed by atoms with Crippen LogP contribution in [0.4, 0.5) is 0 Å². The van der Waals surface area contributed by atoms with Crippen molar-refractivity contribution in [2.24, 2.45) is 9.98 Å². The number of benzene rings is 4. The second-order valence-electron chi connectivity index (χ2n) is 8.28. The minimum atomic E-state index is -0.275. The van der Waals surface area contributed by atoms with Gasteiger partial charge in [0.25, 0.3) is 0 Å². The lowest BCUT2D eigenvalue weighted by molar-refractivity contribution is 0.309. The van der Waals surface area contributed by atoms with E-state index in [1.54, 1.807) is 6.07 Å². The van der Waals surface area contributed by atoms with E-state index >= 15 is 0 Å². The molecule has 1 aliphatic heterocycles. The van der Waals surface area contributed by atoms with Crippen LogP contribution in [-0.4, -0.2) is 10.8 Å². The van der Waals surface area contributed by atoms with Gasteiger partial charge in [-0.05, 0) is 59.5 Å². The van der Waals surface area contributed by atoms with Gasteiger partial charge in [-0.15, -0.1) is 0 Å². The standard InChI is InChI=1S/C26H22N2O/c29-23-13-12-17-8-2-3-9-18(17)24(23)21-16-22-25(20-11-5-4-10-19(20)21)28-26(27-22)14-6-1-7-15-26/h2-5,8-13,16,29H,1,6-7,14-15H2. The number of phenolic OH excluding ortho intramolecular Hbond substituents is 1. The summed E-state index contributed by atoms with van der Waals surface area (Å²) in [5.74, 6) is 0.302. The minimum absolute atomic E-state index is 0.275. The number of hydrogen-bond donors (Lipinski definition) is 1. The molecular formula is C26H22N2O. The molecule has 0 unspecified atom stereocenters. The second kappa shape index (κ2) is 6.15. The number of aromatic hydroxyl groups is 1. The zero-order valence-electron chi connectivity index (χ0n) is 16.2. The Morgan fingerprint density at radius 2 is 1.45 bits per heavy atom. The molecule has 0 saturated heterocycles. The summed E-state index contributed by atoms with van der Waals surface area (Å²) in [4.78, 5) is 10.3. The second-order valence-corrected chi connectivity index (χ2v) is 8.28. The lowest BCUT2D eigenvalue weighted by atomic mass is 9.90. The SMILES string of the molecule is Oc1ccc2ccccc2c1-c1cc2c(c3ccccc13)=NC1(CCCCC1)N=2. The van der Waals surface area contributed by atoms with Gasteiger partial charge in [-0.2, -0.15) is 0 Å². The summed E-state index contributed by atoms with van der Waals surface area (Å²) in [5, 5.41) is 17.3. The van der Waals surface area contributed by atoms with Crippen LogP contribution in [0.2, 0.25) is 0 Å². The van der Waals surface area contributed by atoms with Crippen molar-refractivity contribution in [2.75, 3.05) is 0 Å². The molecule has 0 amide bonds. The first kappa shape index (κ1) is 16.7. The van der Waals surface area contributed by atoms with Crippen molar-refractivity contribution < 1.29 is 5.11 Å². The molecule has 4 aromatic rings. The summed E-state index contributed by atoms with van der Waals surface area (Å²) in [5.41, 5.74) is 1.63. The molecule has 0 aromatic heterocycles. The minimum Gasteiger partial charge on any atom is -0.507 e. The number of fused-ring (bicyclic) bond motifs is 4. The van der Waals surface area contributed by atoms with Gasteiger partial charge in [-0.25, -0.2) is 0 Å². The summed E-state index contributed by atoms with van der Waals surface area (Å²) in [6.45, 7) is 0. The Hall–Kier alpha value is -3.20. The molecule has 0 atom stereocenters. The summed E-state index contributed by atoms with van der Waals surface area (Å²) in [7, 11) is 0. The smallest absolute Gasteiger partial charge is 0.151 e. The molecule has 0 bridgehead atoms. The van der Waals surface area contributed by atoms with E-state index in [0.29, 0.717) is 5.75 Å². The third-order valence-electron chi connectivity index (χ3n) is 6.48. The average molecular weight is 378 g/mol. The van der Waals surface area contributed by atoms with Crippen molar-refractivity contribution in [1.29, 1.82) is 0 Å². The third kappa shape index (κ3) is 2.50. The molecule has 0 radical (unpaired) electrons. The third-order valence-corrected chi connectivity index (χ3v) is 6.48.